The number of rotatable bonds is 4. The molecule has 0 saturated carbocycles. The third kappa shape index (κ3) is 3.75. The quantitative estimate of drug-likeness (QED) is 0.686. The van der Waals surface area contributed by atoms with Gasteiger partial charge < -0.3 is 10.5 Å². The molecule has 0 amide bonds. The van der Waals surface area contributed by atoms with Gasteiger partial charge in [0.25, 0.3) is 0 Å². The highest BCUT2D eigenvalue weighted by atomic mass is 35.5. The first-order valence-corrected chi connectivity index (χ1v) is 6.15. The zero-order valence-corrected chi connectivity index (χ0v) is 11.4. The standard InChI is InChI=1S/C11H12Cl3NO2/c1-2-17-11(16)9(15)5-6-7(12)3-4-8(13)10(6)14/h3-4,9H,2,5,15H2,1H3. The van der Waals surface area contributed by atoms with Gasteiger partial charge in [-0.2, -0.15) is 0 Å². The number of benzene rings is 1. The van der Waals surface area contributed by atoms with E-state index in [1.165, 1.54) is 0 Å². The zero-order valence-electron chi connectivity index (χ0n) is 9.17. The van der Waals surface area contributed by atoms with Crippen LogP contribution in [0.3, 0.4) is 0 Å². The van der Waals surface area contributed by atoms with Crippen LogP contribution in [0.4, 0.5) is 0 Å². The molecule has 17 heavy (non-hydrogen) atoms. The molecule has 6 heteroatoms. The fourth-order valence-corrected chi connectivity index (χ4v) is 2.01. The number of ether oxygens (including phenoxy) is 1. The monoisotopic (exact) mass is 295 g/mol. The van der Waals surface area contributed by atoms with Gasteiger partial charge in [-0.15, -0.1) is 0 Å². The Balaban J connectivity index is 2.88. The largest absolute Gasteiger partial charge is 0.465 e. The Labute approximate surface area is 115 Å². The fraction of sp³-hybridized carbons (Fsp3) is 0.364. The van der Waals surface area contributed by atoms with Gasteiger partial charge in [0.2, 0.25) is 0 Å². The summed E-state index contributed by atoms with van der Waals surface area (Å²) in [5.41, 5.74) is 6.25. The van der Waals surface area contributed by atoms with Crippen LogP contribution in [-0.2, 0) is 16.0 Å². The van der Waals surface area contributed by atoms with Crippen LogP contribution in [0.5, 0.6) is 0 Å². The summed E-state index contributed by atoms with van der Waals surface area (Å²) in [6, 6.07) is 2.40. The summed E-state index contributed by atoms with van der Waals surface area (Å²) in [7, 11) is 0. The van der Waals surface area contributed by atoms with Gasteiger partial charge in [0.05, 0.1) is 16.7 Å². The van der Waals surface area contributed by atoms with Gasteiger partial charge in [-0.1, -0.05) is 34.8 Å². The average Bonchev–Trinajstić information content (AvgIpc) is 2.29. The Kier molecular flexibility index (Phi) is 5.53. The van der Waals surface area contributed by atoms with Crippen molar-refractivity contribution in [2.75, 3.05) is 6.61 Å². The molecule has 1 rings (SSSR count). The second-order valence-corrected chi connectivity index (χ2v) is 4.58. The van der Waals surface area contributed by atoms with Gasteiger partial charge in [-0.3, -0.25) is 4.79 Å². The van der Waals surface area contributed by atoms with E-state index in [-0.39, 0.29) is 13.0 Å². The van der Waals surface area contributed by atoms with Crippen LogP contribution in [0.25, 0.3) is 0 Å². The molecule has 1 unspecified atom stereocenters. The van der Waals surface area contributed by atoms with E-state index in [4.69, 9.17) is 45.3 Å². The Morgan fingerprint density at radius 2 is 1.94 bits per heavy atom. The smallest absolute Gasteiger partial charge is 0.323 e. The van der Waals surface area contributed by atoms with Gasteiger partial charge in [0, 0.05) is 11.4 Å². The molecule has 0 radical (unpaired) electrons. The van der Waals surface area contributed by atoms with E-state index >= 15 is 0 Å². The third-order valence-electron chi connectivity index (χ3n) is 2.15. The van der Waals surface area contributed by atoms with Crippen LogP contribution >= 0.6 is 34.8 Å². The second-order valence-electron chi connectivity index (χ2n) is 3.38. The molecular weight excluding hydrogens is 284 g/mol. The van der Waals surface area contributed by atoms with Crippen molar-refractivity contribution >= 4 is 40.8 Å². The predicted octanol–water partition coefficient (Wildman–Crippen LogP) is 3.08. The maximum Gasteiger partial charge on any atom is 0.323 e. The molecule has 0 fully saturated rings. The van der Waals surface area contributed by atoms with Gasteiger partial charge in [0.1, 0.15) is 6.04 Å². The molecule has 2 N–H and O–H groups in total. The normalized spacial score (nSPS) is 12.3. The Hall–Kier alpha value is -0.480. The molecule has 0 bridgehead atoms. The Morgan fingerprint density at radius 1 is 1.35 bits per heavy atom. The van der Waals surface area contributed by atoms with Crippen molar-refractivity contribution in [3.8, 4) is 0 Å². The van der Waals surface area contributed by atoms with E-state index < -0.39 is 12.0 Å². The van der Waals surface area contributed by atoms with Gasteiger partial charge >= 0.3 is 5.97 Å². The summed E-state index contributed by atoms with van der Waals surface area (Å²) < 4.78 is 4.80. The molecule has 0 spiro atoms. The molecule has 3 nitrogen and oxygen atoms in total. The minimum absolute atomic E-state index is 0.192. The molecular formula is C11H12Cl3NO2. The van der Waals surface area contributed by atoms with Crippen molar-refractivity contribution in [3.05, 3.63) is 32.8 Å². The summed E-state index contributed by atoms with van der Waals surface area (Å²) in [4.78, 5) is 11.4. The van der Waals surface area contributed by atoms with Gasteiger partial charge in [0.15, 0.2) is 0 Å². The SMILES string of the molecule is CCOC(=O)C(N)Cc1c(Cl)ccc(Cl)c1Cl. The highest BCUT2D eigenvalue weighted by Crippen LogP contribution is 2.32. The van der Waals surface area contributed by atoms with E-state index in [0.717, 1.165) is 0 Å². The van der Waals surface area contributed by atoms with Gasteiger partial charge in [-0.25, -0.2) is 0 Å². The van der Waals surface area contributed by atoms with Crippen LogP contribution in [0, 0.1) is 0 Å². The van der Waals surface area contributed by atoms with Crippen LogP contribution < -0.4 is 5.73 Å². The summed E-state index contributed by atoms with van der Waals surface area (Å²) in [5.74, 6) is -0.486. The lowest BCUT2D eigenvalue weighted by atomic mass is 10.1. The highest BCUT2D eigenvalue weighted by molar-refractivity contribution is 6.44. The van der Waals surface area contributed by atoms with E-state index in [1.807, 2.05) is 0 Å². The van der Waals surface area contributed by atoms with E-state index in [1.54, 1.807) is 19.1 Å². The molecule has 0 heterocycles. The summed E-state index contributed by atoms with van der Waals surface area (Å²) >= 11 is 17.8. The van der Waals surface area contributed by atoms with Crippen LogP contribution in [0.2, 0.25) is 15.1 Å². The second kappa shape index (κ2) is 6.45. The molecule has 0 saturated heterocycles. The number of hydrogen-bond acceptors (Lipinski definition) is 3. The molecule has 1 aromatic carbocycles. The summed E-state index contributed by atoms with van der Waals surface area (Å²) in [5, 5.41) is 1.13. The molecule has 0 aromatic heterocycles. The fourth-order valence-electron chi connectivity index (χ4n) is 1.31. The number of carbonyl (C=O) groups excluding carboxylic acids is 1. The van der Waals surface area contributed by atoms with Crippen LogP contribution in [0.1, 0.15) is 12.5 Å². The first-order valence-electron chi connectivity index (χ1n) is 5.02. The van der Waals surface area contributed by atoms with Crippen LogP contribution in [0.15, 0.2) is 12.1 Å². The van der Waals surface area contributed by atoms with Crippen molar-refractivity contribution in [1.82, 2.24) is 0 Å². The maximum absolute atomic E-state index is 11.4. The number of esters is 1. The molecule has 0 aliphatic heterocycles. The summed E-state index contributed by atoms with van der Waals surface area (Å²) in [6.07, 6.45) is 0.192. The highest BCUT2D eigenvalue weighted by Gasteiger charge is 2.19. The summed E-state index contributed by atoms with van der Waals surface area (Å²) in [6.45, 7) is 1.99. The number of carbonyl (C=O) groups is 1. The van der Waals surface area contributed by atoms with Crippen molar-refractivity contribution in [3.63, 3.8) is 0 Å². The molecule has 94 valence electrons. The van der Waals surface area contributed by atoms with E-state index in [9.17, 15) is 4.79 Å². The first-order chi connectivity index (χ1) is 7.97. The van der Waals surface area contributed by atoms with E-state index in [2.05, 4.69) is 0 Å². The lowest BCUT2D eigenvalue weighted by Crippen LogP contribution is -2.34. The molecule has 1 aromatic rings. The average molecular weight is 297 g/mol. The predicted molar refractivity (Wildman–Crippen MR) is 69.8 cm³/mol. The molecule has 1 atom stereocenters. The van der Waals surface area contributed by atoms with Gasteiger partial charge in [-0.05, 0) is 24.6 Å². The topological polar surface area (TPSA) is 52.3 Å². The molecule has 0 aliphatic rings. The van der Waals surface area contributed by atoms with Crippen molar-refractivity contribution in [2.24, 2.45) is 5.73 Å². The number of halogens is 3. The Bertz CT molecular complexity index is 423. The molecule has 0 aliphatic carbocycles. The van der Waals surface area contributed by atoms with Crippen molar-refractivity contribution in [1.29, 1.82) is 0 Å². The van der Waals surface area contributed by atoms with E-state index in [0.29, 0.717) is 20.6 Å². The lowest BCUT2D eigenvalue weighted by molar-refractivity contribution is -0.144. The van der Waals surface area contributed by atoms with Crippen molar-refractivity contribution < 1.29 is 9.53 Å². The Morgan fingerprint density at radius 3 is 2.53 bits per heavy atom. The van der Waals surface area contributed by atoms with Crippen molar-refractivity contribution in [2.45, 2.75) is 19.4 Å². The number of nitrogens with two attached hydrogens (primary N) is 1. The van der Waals surface area contributed by atoms with Crippen LogP contribution in [-0.4, -0.2) is 18.6 Å². The maximum atomic E-state index is 11.4. The number of hydrogen-bond donors (Lipinski definition) is 1. The lowest BCUT2D eigenvalue weighted by Gasteiger charge is -2.13. The first kappa shape index (κ1) is 14.6. The minimum Gasteiger partial charge on any atom is -0.465 e. The minimum atomic E-state index is -0.802. The zero-order chi connectivity index (χ0) is 13.0. The third-order valence-corrected chi connectivity index (χ3v) is 3.35.